The van der Waals surface area contributed by atoms with E-state index in [2.05, 4.69) is 4.90 Å². The Morgan fingerprint density at radius 1 is 1.50 bits per heavy atom. The van der Waals surface area contributed by atoms with E-state index in [1.165, 1.54) is 4.88 Å². The monoisotopic (exact) mass is 318 g/mol. The number of nitrogens with zero attached hydrogens (tertiary/aromatic N) is 2. The summed E-state index contributed by atoms with van der Waals surface area (Å²) in [5, 5.41) is 9.80. The third-order valence-corrected chi connectivity index (χ3v) is 4.90. The molecule has 0 fully saturated rings. The van der Waals surface area contributed by atoms with Crippen molar-refractivity contribution in [1.29, 1.82) is 0 Å². The Kier molecular flexibility index (Phi) is 4.40. The fraction of sp³-hybridized carbons (Fsp3) is 0.375. The number of fused-ring (bicyclic) bond motifs is 1. The number of hydrogen-bond donors (Lipinski definition) is 1. The molecule has 0 amide bonds. The van der Waals surface area contributed by atoms with Crippen LogP contribution in [0.4, 0.5) is 0 Å². The molecule has 0 unspecified atom stereocenters. The van der Waals surface area contributed by atoms with Gasteiger partial charge in [-0.1, -0.05) is 12.1 Å². The van der Waals surface area contributed by atoms with Crippen LogP contribution in [0, 0.1) is 0 Å². The summed E-state index contributed by atoms with van der Waals surface area (Å²) in [4.78, 5) is 18.9. The van der Waals surface area contributed by atoms with E-state index in [1.807, 2.05) is 24.3 Å². The van der Waals surface area contributed by atoms with E-state index in [0.717, 1.165) is 41.5 Å². The summed E-state index contributed by atoms with van der Waals surface area (Å²) in [5.41, 5.74) is 2.21. The third kappa shape index (κ3) is 3.28. The van der Waals surface area contributed by atoms with E-state index in [4.69, 9.17) is 14.8 Å². The number of ether oxygens (including phenoxy) is 1. The Labute approximate surface area is 133 Å². The van der Waals surface area contributed by atoms with E-state index in [9.17, 15) is 4.79 Å². The second-order valence-corrected chi connectivity index (χ2v) is 6.37. The number of methoxy groups -OCH3 is 1. The lowest BCUT2D eigenvalue weighted by molar-refractivity contribution is -0.137. The van der Waals surface area contributed by atoms with E-state index in [0.29, 0.717) is 6.54 Å². The molecule has 0 saturated carbocycles. The van der Waals surface area contributed by atoms with Crippen LogP contribution in [0.1, 0.15) is 17.0 Å². The molecule has 0 bridgehead atoms. The molecule has 0 spiro atoms. The summed E-state index contributed by atoms with van der Waals surface area (Å²) < 4.78 is 5.26. The van der Waals surface area contributed by atoms with E-state index < -0.39 is 5.97 Å². The number of carbonyl (C=O) groups is 1. The lowest BCUT2D eigenvalue weighted by Crippen LogP contribution is -2.31. The van der Waals surface area contributed by atoms with Gasteiger partial charge in [-0.15, -0.1) is 11.3 Å². The van der Waals surface area contributed by atoms with Gasteiger partial charge in [0.05, 0.1) is 19.2 Å². The Balaban J connectivity index is 1.77. The fourth-order valence-electron chi connectivity index (χ4n) is 2.57. The number of rotatable bonds is 5. The normalized spacial score (nSPS) is 14.6. The van der Waals surface area contributed by atoms with Gasteiger partial charge < -0.3 is 9.84 Å². The van der Waals surface area contributed by atoms with Crippen molar-refractivity contribution in [3.05, 3.63) is 34.8 Å². The molecule has 22 heavy (non-hydrogen) atoms. The molecule has 3 rings (SSSR count). The highest BCUT2D eigenvalue weighted by atomic mass is 32.1. The molecule has 1 aromatic heterocycles. The Morgan fingerprint density at radius 3 is 3.14 bits per heavy atom. The highest BCUT2D eigenvalue weighted by Gasteiger charge is 2.21. The number of thiazole rings is 1. The van der Waals surface area contributed by atoms with Gasteiger partial charge in [-0.25, -0.2) is 4.98 Å². The molecular formula is C16H18N2O3S. The van der Waals surface area contributed by atoms with Gasteiger partial charge in [-0.3, -0.25) is 9.69 Å². The maximum absolute atomic E-state index is 10.7. The number of benzene rings is 1. The van der Waals surface area contributed by atoms with Crippen molar-refractivity contribution in [3.8, 4) is 16.3 Å². The fourth-order valence-corrected chi connectivity index (χ4v) is 3.72. The maximum Gasteiger partial charge on any atom is 0.304 e. The highest BCUT2D eigenvalue weighted by molar-refractivity contribution is 7.15. The van der Waals surface area contributed by atoms with E-state index in [1.54, 1.807) is 18.4 Å². The number of carboxylic acids is 1. The number of aliphatic carboxylic acids is 1. The van der Waals surface area contributed by atoms with Gasteiger partial charge in [0.15, 0.2) is 0 Å². The Hall–Kier alpha value is -1.92. The van der Waals surface area contributed by atoms with Gasteiger partial charge in [0.2, 0.25) is 0 Å². The highest BCUT2D eigenvalue weighted by Crippen LogP contribution is 2.33. The third-order valence-electron chi connectivity index (χ3n) is 3.77. The molecule has 0 radical (unpaired) electrons. The van der Waals surface area contributed by atoms with Crippen molar-refractivity contribution in [2.45, 2.75) is 19.4 Å². The van der Waals surface area contributed by atoms with Gasteiger partial charge in [-0.05, 0) is 12.1 Å². The minimum Gasteiger partial charge on any atom is -0.497 e. The number of hydrogen-bond acceptors (Lipinski definition) is 5. The topological polar surface area (TPSA) is 62.7 Å². The van der Waals surface area contributed by atoms with E-state index >= 15 is 0 Å². The zero-order valence-corrected chi connectivity index (χ0v) is 13.2. The summed E-state index contributed by atoms with van der Waals surface area (Å²) in [6.07, 6.45) is 1.08. The smallest absolute Gasteiger partial charge is 0.304 e. The maximum atomic E-state index is 10.7. The van der Waals surface area contributed by atoms with Crippen molar-refractivity contribution >= 4 is 17.3 Å². The van der Waals surface area contributed by atoms with Crippen LogP contribution < -0.4 is 4.74 Å². The Bertz CT molecular complexity index is 684. The zero-order chi connectivity index (χ0) is 15.5. The summed E-state index contributed by atoms with van der Waals surface area (Å²) >= 11 is 1.69. The molecule has 6 heteroatoms. The molecular weight excluding hydrogens is 300 g/mol. The first-order chi connectivity index (χ1) is 10.7. The first-order valence-electron chi connectivity index (χ1n) is 7.23. The van der Waals surface area contributed by atoms with Gasteiger partial charge >= 0.3 is 5.97 Å². The van der Waals surface area contributed by atoms with Crippen molar-refractivity contribution in [2.24, 2.45) is 0 Å². The van der Waals surface area contributed by atoms with Crippen molar-refractivity contribution in [1.82, 2.24) is 9.88 Å². The standard InChI is InChI=1S/C16H18N2O3S/c1-21-12-4-2-3-11(9-12)16-17-13-5-7-18(8-6-15(19)20)10-14(13)22-16/h2-4,9H,5-8,10H2,1H3,(H,19,20). The molecule has 5 nitrogen and oxygen atoms in total. The van der Waals surface area contributed by atoms with Crippen molar-refractivity contribution < 1.29 is 14.6 Å². The minimum absolute atomic E-state index is 0.191. The summed E-state index contributed by atoms with van der Waals surface area (Å²) in [7, 11) is 1.66. The Morgan fingerprint density at radius 2 is 2.36 bits per heavy atom. The first kappa shape index (κ1) is 15.0. The van der Waals surface area contributed by atoms with Crippen LogP contribution in [0.25, 0.3) is 10.6 Å². The van der Waals surface area contributed by atoms with Crippen molar-refractivity contribution in [2.75, 3.05) is 20.2 Å². The van der Waals surface area contributed by atoms with Crippen LogP contribution in [0.15, 0.2) is 24.3 Å². The largest absolute Gasteiger partial charge is 0.497 e. The number of aromatic nitrogens is 1. The number of carboxylic acid groups (broad SMARTS) is 1. The van der Waals surface area contributed by atoms with Crippen LogP contribution in [0.5, 0.6) is 5.75 Å². The molecule has 1 N–H and O–H groups in total. The molecule has 0 saturated heterocycles. The van der Waals surface area contributed by atoms with Crippen LogP contribution in [-0.2, 0) is 17.8 Å². The first-order valence-corrected chi connectivity index (χ1v) is 8.04. The lowest BCUT2D eigenvalue weighted by Gasteiger charge is -2.24. The van der Waals surface area contributed by atoms with Crippen LogP contribution in [-0.4, -0.2) is 41.2 Å². The minimum atomic E-state index is -0.743. The van der Waals surface area contributed by atoms with Gasteiger partial charge in [0.1, 0.15) is 10.8 Å². The molecule has 0 atom stereocenters. The SMILES string of the molecule is COc1cccc(-c2nc3c(s2)CN(CCC(=O)O)CC3)c1. The molecule has 1 aliphatic heterocycles. The summed E-state index contributed by atoms with van der Waals surface area (Å²) in [6, 6.07) is 7.92. The van der Waals surface area contributed by atoms with Crippen molar-refractivity contribution in [3.63, 3.8) is 0 Å². The quantitative estimate of drug-likeness (QED) is 0.918. The van der Waals surface area contributed by atoms with Gasteiger partial charge in [-0.2, -0.15) is 0 Å². The molecule has 1 aliphatic rings. The van der Waals surface area contributed by atoms with Crippen LogP contribution >= 0.6 is 11.3 Å². The zero-order valence-electron chi connectivity index (χ0n) is 12.4. The molecule has 2 aromatic rings. The summed E-state index contributed by atoms with van der Waals surface area (Å²) in [6.45, 7) is 2.27. The summed E-state index contributed by atoms with van der Waals surface area (Å²) in [5.74, 6) is 0.0842. The predicted molar refractivity (Wildman–Crippen MR) is 85.3 cm³/mol. The van der Waals surface area contributed by atoms with Crippen LogP contribution in [0.3, 0.4) is 0 Å². The van der Waals surface area contributed by atoms with Crippen LogP contribution in [0.2, 0.25) is 0 Å². The molecule has 0 aliphatic carbocycles. The predicted octanol–water partition coefficient (Wildman–Crippen LogP) is 2.65. The average Bonchev–Trinajstić information content (AvgIpc) is 2.96. The lowest BCUT2D eigenvalue weighted by atomic mass is 10.1. The second kappa shape index (κ2) is 6.46. The molecule has 116 valence electrons. The van der Waals surface area contributed by atoms with E-state index in [-0.39, 0.29) is 6.42 Å². The van der Waals surface area contributed by atoms with Gasteiger partial charge in [0, 0.05) is 36.5 Å². The average molecular weight is 318 g/mol. The second-order valence-electron chi connectivity index (χ2n) is 5.29. The van der Waals surface area contributed by atoms with Gasteiger partial charge in [0.25, 0.3) is 0 Å². The molecule has 2 heterocycles. The molecule has 1 aromatic carbocycles.